The van der Waals surface area contributed by atoms with Crippen molar-refractivity contribution in [3.8, 4) is 11.4 Å². The zero-order chi connectivity index (χ0) is 12.6. The molecule has 3 N–H and O–H groups in total. The number of benzene rings is 1. The van der Waals surface area contributed by atoms with Gasteiger partial charge in [-0.2, -0.15) is 5.10 Å². The summed E-state index contributed by atoms with van der Waals surface area (Å²) in [5.41, 5.74) is 10.3. The molecular weight excluding hydrogens is 214 g/mol. The Morgan fingerprint density at radius 2 is 2.00 bits per heavy atom. The number of aryl methyl sites for hydroxylation is 2. The summed E-state index contributed by atoms with van der Waals surface area (Å²) in [5, 5.41) is 14.4. The Morgan fingerprint density at radius 3 is 2.53 bits per heavy atom. The van der Waals surface area contributed by atoms with Crippen LogP contribution < -0.4 is 5.73 Å². The van der Waals surface area contributed by atoms with Gasteiger partial charge >= 0.3 is 0 Å². The highest BCUT2D eigenvalue weighted by atomic mass is 16.3. The molecule has 0 saturated carbocycles. The number of phenolic OH excluding ortho intramolecular Hbond substituents is 1. The molecule has 0 amide bonds. The SMILES string of the molecule is Cc1ccc(-n2nc(C)c(CN)c2C)c(O)c1. The number of nitrogens with zero attached hydrogens (tertiary/aromatic N) is 2. The lowest BCUT2D eigenvalue weighted by Crippen LogP contribution is -2.02. The van der Waals surface area contributed by atoms with Gasteiger partial charge in [-0.3, -0.25) is 0 Å². The van der Waals surface area contributed by atoms with E-state index in [1.165, 1.54) is 0 Å². The molecule has 0 unspecified atom stereocenters. The third-order valence-corrected chi connectivity index (χ3v) is 3.00. The van der Waals surface area contributed by atoms with Gasteiger partial charge in [0.1, 0.15) is 11.4 Å². The van der Waals surface area contributed by atoms with Crippen LogP contribution in [-0.4, -0.2) is 14.9 Å². The molecule has 0 aliphatic heterocycles. The smallest absolute Gasteiger partial charge is 0.141 e. The van der Waals surface area contributed by atoms with Crippen molar-refractivity contribution in [2.24, 2.45) is 5.73 Å². The predicted molar refractivity (Wildman–Crippen MR) is 67.3 cm³/mol. The zero-order valence-corrected chi connectivity index (χ0v) is 10.4. The fraction of sp³-hybridized carbons (Fsp3) is 0.308. The molecule has 17 heavy (non-hydrogen) atoms. The first-order valence-corrected chi connectivity index (χ1v) is 5.59. The predicted octanol–water partition coefficient (Wildman–Crippen LogP) is 1.96. The normalized spacial score (nSPS) is 10.8. The van der Waals surface area contributed by atoms with E-state index in [0.717, 1.165) is 22.5 Å². The standard InChI is InChI=1S/C13H17N3O/c1-8-4-5-12(13(17)6-8)16-10(3)11(7-14)9(2)15-16/h4-6,17H,7,14H2,1-3H3. The van der Waals surface area contributed by atoms with Crippen molar-refractivity contribution in [3.05, 3.63) is 40.7 Å². The molecule has 0 saturated heterocycles. The zero-order valence-electron chi connectivity index (χ0n) is 10.4. The van der Waals surface area contributed by atoms with Crippen molar-refractivity contribution in [1.29, 1.82) is 0 Å². The fourth-order valence-electron chi connectivity index (χ4n) is 2.02. The van der Waals surface area contributed by atoms with Crippen LogP contribution in [0.5, 0.6) is 5.75 Å². The highest BCUT2D eigenvalue weighted by Gasteiger charge is 2.13. The largest absolute Gasteiger partial charge is 0.506 e. The van der Waals surface area contributed by atoms with Crippen molar-refractivity contribution < 1.29 is 5.11 Å². The molecule has 0 spiro atoms. The molecule has 1 aromatic carbocycles. The van der Waals surface area contributed by atoms with Crippen LogP contribution in [0.2, 0.25) is 0 Å². The van der Waals surface area contributed by atoms with E-state index in [4.69, 9.17) is 5.73 Å². The van der Waals surface area contributed by atoms with Gasteiger partial charge in [0.25, 0.3) is 0 Å². The van der Waals surface area contributed by atoms with Crippen molar-refractivity contribution in [2.75, 3.05) is 0 Å². The topological polar surface area (TPSA) is 64.1 Å². The van der Waals surface area contributed by atoms with Crippen molar-refractivity contribution >= 4 is 0 Å². The molecule has 1 heterocycles. The Bertz CT molecular complexity index is 558. The van der Waals surface area contributed by atoms with E-state index < -0.39 is 0 Å². The number of nitrogens with two attached hydrogens (primary N) is 1. The van der Waals surface area contributed by atoms with E-state index in [2.05, 4.69) is 5.10 Å². The molecule has 4 heteroatoms. The van der Waals surface area contributed by atoms with Crippen LogP contribution in [0.3, 0.4) is 0 Å². The fourth-order valence-corrected chi connectivity index (χ4v) is 2.02. The monoisotopic (exact) mass is 231 g/mol. The lowest BCUT2D eigenvalue weighted by Gasteiger charge is -2.08. The van der Waals surface area contributed by atoms with Crippen molar-refractivity contribution in [1.82, 2.24) is 9.78 Å². The van der Waals surface area contributed by atoms with Gasteiger partial charge in [0.2, 0.25) is 0 Å². The summed E-state index contributed by atoms with van der Waals surface area (Å²) in [7, 11) is 0. The maximum atomic E-state index is 9.95. The molecule has 0 aliphatic carbocycles. The average Bonchev–Trinajstić information content (AvgIpc) is 2.54. The minimum absolute atomic E-state index is 0.235. The second-order valence-corrected chi connectivity index (χ2v) is 4.26. The summed E-state index contributed by atoms with van der Waals surface area (Å²) in [6.45, 7) is 6.29. The second-order valence-electron chi connectivity index (χ2n) is 4.26. The van der Waals surface area contributed by atoms with E-state index in [1.807, 2.05) is 32.9 Å². The Hall–Kier alpha value is -1.81. The van der Waals surface area contributed by atoms with Crippen LogP contribution in [0.15, 0.2) is 18.2 Å². The summed E-state index contributed by atoms with van der Waals surface area (Å²) in [4.78, 5) is 0. The van der Waals surface area contributed by atoms with Crippen LogP contribution in [0.25, 0.3) is 5.69 Å². The number of rotatable bonds is 2. The summed E-state index contributed by atoms with van der Waals surface area (Å²) >= 11 is 0. The van der Waals surface area contributed by atoms with Gasteiger partial charge in [-0.25, -0.2) is 4.68 Å². The number of phenols is 1. The van der Waals surface area contributed by atoms with Gasteiger partial charge in [-0.15, -0.1) is 0 Å². The van der Waals surface area contributed by atoms with E-state index in [9.17, 15) is 5.11 Å². The highest BCUT2D eigenvalue weighted by Crippen LogP contribution is 2.25. The van der Waals surface area contributed by atoms with Gasteiger partial charge in [0, 0.05) is 17.8 Å². The van der Waals surface area contributed by atoms with Crippen LogP contribution in [0.1, 0.15) is 22.5 Å². The summed E-state index contributed by atoms with van der Waals surface area (Å²) in [5.74, 6) is 0.235. The number of hydrogen-bond acceptors (Lipinski definition) is 3. The van der Waals surface area contributed by atoms with Gasteiger partial charge in [0.05, 0.1) is 5.69 Å². The number of aromatic nitrogens is 2. The first-order chi connectivity index (χ1) is 8.04. The molecule has 2 aromatic rings. The molecule has 0 radical (unpaired) electrons. The lowest BCUT2D eigenvalue weighted by molar-refractivity contribution is 0.469. The Balaban J connectivity index is 2.61. The third-order valence-electron chi connectivity index (χ3n) is 3.00. The molecule has 0 aliphatic rings. The maximum absolute atomic E-state index is 9.95. The lowest BCUT2D eigenvalue weighted by atomic mass is 10.2. The molecule has 0 atom stereocenters. The van der Waals surface area contributed by atoms with E-state index in [-0.39, 0.29) is 5.75 Å². The van der Waals surface area contributed by atoms with E-state index in [1.54, 1.807) is 10.7 Å². The maximum Gasteiger partial charge on any atom is 0.141 e. The quantitative estimate of drug-likeness (QED) is 0.830. The minimum Gasteiger partial charge on any atom is -0.506 e. The van der Waals surface area contributed by atoms with Crippen LogP contribution in [0, 0.1) is 20.8 Å². The Kier molecular flexibility index (Phi) is 2.90. The Labute approximate surface area is 101 Å². The van der Waals surface area contributed by atoms with E-state index >= 15 is 0 Å². The third kappa shape index (κ3) is 1.91. The molecular formula is C13H17N3O. The molecule has 2 rings (SSSR count). The number of hydrogen-bond donors (Lipinski definition) is 2. The summed E-state index contributed by atoms with van der Waals surface area (Å²) in [6.07, 6.45) is 0. The molecule has 1 aromatic heterocycles. The van der Waals surface area contributed by atoms with Gasteiger partial charge in [-0.1, -0.05) is 6.07 Å². The summed E-state index contributed by atoms with van der Waals surface area (Å²) in [6, 6.07) is 5.55. The van der Waals surface area contributed by atoms with Crippen molar-refractivity contribution in [2.45, 2.75) is 27.3 Å². The van der Waals surface area contributed by atoms with Crippen LogP contribution >= 0.6 is 0 Å². The van der Waals surface area contributed by atoms with Crippen LogP contribution in [0.4, 0.5) is 0 Å². The molecule has 4 nitrogen and oxygen atoms in total. The Morgan fingerprint density at radius 1 is 1.29 bits per heavy atom. The van der Waals surface area contributed by atoms with Crippen molar-refractivity contribution in [3.63, 3.8) is 0 Å². The highest BCUT2D eigenvalue weighted by molar-refractivity contribution is 5.49. The minimum atomic E-state index is 0.235. The molecule has 90 valence electrons. The molecule has 0 bridgehead atoms. The molecule has 0 fully saturated rings. The van der Waals surface area contributed by atoms with Gasteiger partial charge in [-0.05, 0) is 38.5 Å². The van der Waals surface area contributed by atoms with Gasteiger partial charge < -0.3 is 10.8 Å². The average molecular weight is 231 g/mol. The first kappa shape index (κ1) is 11.7. The van der Waals surface area contributed by atoms with Crippen LogP contribution in [-0.2, 0) is 6.54 Å². The summed E-state index contributed by atoms with van der Waals surface area (Å²) < 4.78 is 1.74. The number of aromatic hydroxyl groups is 1. The van der Waals surface area contributed by atoms with E-state index in [0.29, 0.717) is 12.2 Å². The van der Waals surface area contributed by atoms with Gasteiger partial charge in [0.15, 0.2) is 0 Å². The first-order valence-electron chi connectivity index (χ1n) is 5.59. The second kappa shape index (κ2) is 4.22.